The normalized spacial score (nSPS) is 13.4. The van der Waals surface area contributed by atoms with Gasteiger partial charge in [0.15, 0.2) is 5.75 Å². The molecule has 0 aromatic heterocycles. The van der Waals surface area contributed by atoms with Crippen LogP contribution >= 0.6 is 0 Å². The van der Waals surface area contributed by atoms with Crippen molar-refractivity contribution in [3.8, 4) is 6.07 Å². The second-order valence-electron chi connectivity index (χ2n) is 15.5. The van der Waals surface area contributed by atoms with Crippen molar-refractivity contribution in [1.82, 2.24) is 0 Å². The molecule has 0 aliphatic rings. The van der Waals surface area contributed by atoms with Crippen molar-refractivity contribution in [3.63, 3.8) is 0 Å². The van der Waals surface area contributed by atoms with Crippen molar-refractivity contribution in [2.24, 2.45) is 0 Å². The number of rotatable bonds is 7. The lowest BCUT2D eigenvalue weighted by Gasteiger charge is -2.46. The Morgan fingerprint density at radius 2 is 0.634 bits per heavy atom. The molecular weight excluding hydrogens is 1050 g/mol. The van der Waals surface area contributed by atoms with Crippen molar-refractivity contribution in [1.29, 1.82) is 5.26 Å². The molecule has 71 heavy (non-hydrogen) atoms. The molecule has 28 heteroatoms. The Morgan fingerprint density at radius 1 is 0.408 bits per heavy atom. The van der Waals surface area contributed by atoms with Gasteiger partial charge in [-0.25, -0.2) is 0 Å². The number of carbonyl (C=O) groups excluding carboxylic acids is 1. The number of halogens is 24. The SMILES string of the molecule is C[S+](C)CC(=O)c1cccc(C#N)c1.FC(F)(F)c1cc([B-](c2cc(C(F)(F)F)cc(C(F)(F)F)c2)(c2cc(C(F)(F)F)cc(C(F)(F)F)c2)c2cc(C(F)(F)F)cc(C(F)(F)F)c2)cc(C(F)(F)F)c1. The Labute approximate surface area is 386 Å². The van der Waals surface area contributed by atoms with Gasteiger partial charge in [-0.15, -0.1) is 0 Å². The Bertz CT molecular complexity index is 2370. The molecule has 0 heterocycles. The highest BCUT2D eigenvalue weighted by Gasteiger charge is 2.47. The van der Waals surface area contributed by atoms with Crippen LogP contribution in [0, 0.1) is 11.3 Å². The van der Waals surface area contributed by atoms with Crippen LogP contribution in [0.3, 0.4) is 0 Å². The van der Waals surface area contributed by atoms with Gasteiger partial charge in [0, 0.05) is 5.56 Å². The molecule has 0 aliphatic heterocycles. The van der Waals surface area contributed by atoms with Gasteiger partial charge >= 0.3 is 49.4 Å². The molecule has 0 N–H and O–H groups in total. The fraction of sp³-hybridized carbons (Fsp3) is 0.256. The molecule has 0 atom stereocenters. The lowest BCUT2D eigenvalue weighted by Crippen LogP contribution is -2.75. The van der Waals surface area contributed by atoms with E-state index in [2.05, 4.69) is 0 Å². The molecule has 0 amide bonds. The minimum atomic E-state index is -6.13. The number of ketones is 1. The minimum absolute atomic E-state index is 0.113. The predicted octanol–water partition coefficient (Wildman–Crippen LogP) is 12.8. The van der Waals surface area contributed by atoms with E-state index >= 15 is 0 Å². The zero-order valence-electron chi connectivity index (χ0n) is 34.9. The van der Waals surface area contributed by atoms with Crippen LogP contribution in [0.1, 0.15) is 60.4 Å². The molecule has 0 fully saturated rings. The van der Waals surface area contributed by atoms with E-state index in [1.807, 2.05) is 18.6 Å². The molecule has 5 aromatic carbocycles. The standard InChI is InChI=1S/C32H12BF24.C11H12NOS/c34-25(35,36)13-1-14(26(37,38)39)6-21(5-13)33(22-7-15(27(40,41)42)2-16(8-22)28(43,44)45,23-9-17(29(46,47)48)3-18(10-23)30(49,50)51)24-11-19(31(52,53)54)4-20(12-24)32(55,56)57;1-14(2)8-11(13)10-5-3-4-9(6-10)7-12/h1-12H;3-6H,8H2,1-2H3/q-1;+1. The summed E-state index contributed by atoms with van der Waals surface area (Å²) in [5.41, 5.74) is -29.0. The van der Waals surface area contributed by atoms with Gasteiger partial charge < -0.3 is 0 Å². The third-order valence-electron chi connectivity index (χ3n) is 10.2. The van der Waals surface area contributed by atoms with E-state index in [1.54, 1.807) is 24.3 Å². The molecule has 0 bridgehead atoms. The highest BCUT2D eigenvalue weighted by atomic mass is 32.2. The van der Waals surface area contributed by atoms with Gasteiger partial charge in [-0.3, -0.25) is 4.79 Å². The van der Waals surface area contributed by atoms with Crippen LogP contribution in [0.15, 0.2) is 97.1 Å². The monoisotopic (exact) mass is 1070 g/mol. The average molecular weight is 1070 g/mol. The second kappa shape index (κ2) is 19.5. The zero-order valence-corrected chi connectivity index (χ0v) is 35.7. The maximum atomic E-state index is 14.2. The summed E-state index contributed by atoms with van der Waals surface area (Å²) >= 11 is 0. The number of benzene rings is 5. The molecule has 0 spiro atoms. The summed E-state index contributed by atoms with van der Waals surface area (Å²) < 4.78 is 341. The molecule has 0 unspecified atom stereocenters. The third-order valence-corrected chi connectivity index (χ3v) is 11.0. The van der Waals surface area contributed by atoms with Crippen molar-refractivity contribution in [2.75, 3.05) is 18.3 Å². The number of Topliss-reactive ketones (excluding diaryl/α,β-unsaturated/α-hetero) is 1. The molecule has 2 nitrogen and oxygen atoms in total. The smallest absolute Gasteiger partial charge is 0.289 e. The zero-order chi connectivity index (χ0) is 54.5. The highest BCUT2D eigenvalue weighted by Crippen LogP contribution is 2.41. The largest absolute Gasteiger partial charge is 0.416 e. The molecule has 5 aromatic rings. The fourth-order valence-electron chi connectivity index (χ4n) is 7.18. The summed E-state index contributed by atoms with van der Waals surface area (Å²) in [6, 6.07) is 0.0713. The van der Waals surface area contributed by atoms with Crippen LogP contribution in [0.4, 0.5) is 105 Å². The minimum Gasteiger partial charge on any atom is -0.289 e. The number of hydrogen-bond acceptors (Lipinski definition) is 2. The van der Waals surface area contributed by atoms with E-state index in [9.17, 15) is 110 Å². The lowest BCUT2D eigenvalue weighted by atomic mass is 9.12. The first-order valence-corrected chi connectivity index (χ1v) is 21.0. The van der Waals surface area contributed by atoms with Gasteiger partial charge in [0.25, 0.3) is 0 Å². The lowest BCUT2D eigenvalue weighted by molar-refractivity contribution is -0.144. The number of alkyl halides is 24. The van der Waals surface area contributed by atoms with E-state index in [0.717, 1.165) is 0 Å². The van der Waals surface area contributed by atoms with Gasteiger partial charge in [0.2, 0.25) is 5.78 Å². The van der Waals surface area contributed by atoms with E-state index in [-0.39, 0.29) is 16.7 Å². The van der Waals surface area contributed by atoms with Crippen LogP contribution < -0.4 is 21.9 Å². The summed E-state index contributed by atoms with van der Waals surface area (Å²) in [5.74, 6) is 0.685. The van der Waals surface area contributed by atoms with Gasteiger partial charge in [-0.05, 0) is 47.3 Å². The van der Waals surface area contributed by atoms with Crippen LogP contribution in [0.5, 0.6) is 0 Å². The molecule has 0 aliphatic carbocycles. The molecule has 0 saturated carbocycles. The van der Waals surface area contributed by atoms with Crippen molar-refractivity contribution < 1.29 is 110 Å². The molecular formula is C43H24BF24NOS. The van der Waals surface area contributed by atoms with Gasteiger partial charge in [-0.1, -0.05) is 60.7 Å². The number of nitriles is 1. The summed E-state index contributed by atoms with van der Waals surface area (Å²) in [7, 11) is 0.113. The Morgan fingerprint density at radius 3 is 0.817 bits per heavy atom. The van der Waals surface area contributed by atoms with Crippen molar-refractivity contribution in [3.05, 3.63) is 153 Å². The molecule has 0 saturated heterocycles. The van der Waals surface area contributed by atoms with Crippen molar-refractivity contribution >= 4 is 44.7 Å². The maximum absolute atomic E-state index is 14.2. The number of nitrogens with zero attached hydrogens (tertiary/aromatic N) is 1. The number of carbonyl (C=O) groups is 1. The third kappa shape index (κ3) is 13.7. The molecule has 5 rings (SSSR count). The first kappa shape index (κ1) is 57.6. The van der Waals surface area contributed by atoms with Crippen molar-refractivity contribution in [2.45, 2.75) is 49.4 Å². The Hall–Kier alpha value is -6.01. The average Bonchev–Trinajstić information content (AvgIpc) is 3.21. The Kier molecular flexibility index (Phi) is 15.8. The maximum Gasteiger partial charge on any atom is 0.416 e. The summed E-state index contributed by atoms with van der Waals surface area (Å²) in [5, 5.41) is 8.67. The highest BCUT2D eigenvalue weighted by molar-refractivity contribution is 7.96. The van der Waals surface area contributed by atoms with E-state index < -0.39 is 195 Å². The molecule has 384 valence electrons. The Balaban J connectivity index is 0.000000671. The van der Waals surface area contributed by atoms with Crippen LogP contribution in [0.25, 0.3) is 0 Å². The topological polar surface area (TPSA) is 40.9 Å². The van der Waals surface area contributed by atoms with Crippen LogP contribution in [0.2, 0.25) is 0 Å². The quantitative estimate of drug-likeness (QED) is 0.0705. The van der Waals surface area contributed by atoms with Gasteiger partial charge in [-0.2, -0.15) is 132 Å². The summed E-state index contributed by atoms with van der Waals surface area (Å²) in [6.45, 7) is 0. The first-order chi connectivity index (χ1) is 31.9. The second-order valence-corrected chi connectivity index (χ2v) is 17.7. The fourth-order valence-corrected chi connectivity index (χ4v) is 7.87. The predicted molar refractivity (Wildman–Crippen MR) is 210 cm³/mol. The first-order valence-electron chi connectivity index (χ1n) is 18.8. The summed E-state index contributed by atoms with van der Waals surface area (Å²) in [4.78, 5) is 11.6. The van der Waals surface area contributed by atoms with Crippen LogP contribution in [-0.4, -0.2) is 30.2 Å². The summed E-state index contributed by atoms with van der Waals surface area (Å²) in [6.07, 6.45) is -50.7. The van der Waals surface area contributed by atoms with Gasteiger partial charge in [0.05, 0.1) is 68.7 Å². The van der Waals surface area contributed by atoms with Crippen LogP contribution in [-0.2, 0) is 60.3 Å². The van der Waals surface area contributed by atoms with Gasteiger partial charge in [0.1, 0.15) is 6.15 Å². The van der Waals surface area contributed by atoms with E-state index in [1.165, 1.54) is 0 Å². The van der Waals surface area contributed by atoms with E-state index in [0.29, 0.717) is 16.9 Å². The molecule has 0 radical (unpaired) electrons. The van der Waals surface area contributed by atoms with E-state index in [4.69, 9.17) is 5.26 Å². The number of hydrogen-bond donors (Lipinski definition) is 0.